The third-order valence-corrected chi connectivity index (χ3v) is 6.42. The molecule has 2 aromatic carbocycles. The van der Waals surface area contributed by atoms with Gasteiger partial charge in [0.05, 0.1) is 5.69 Å². The average Bonchev–Trinajstić information content (AvgIpc) is 2.83. The molecule has 3 aromatic rings. The first-order valence-corrected chi connectivity index (χ1v) is 12.2. The van der Waals surface area contributed by atoms with Crippen molar-refractivity contribution in [2.45, 2.75) is 31.5 Å². The van der Waals surface area contributed by atoms with Gasteiger partial charge in [-0.15, -0.1) is 0 Å². The van der Waals surface area contributed by atoms with E-state index in [2.05, 4.69) is 25.6 Å². The molecule has 2 aliphatic rings. The van der Waals surface area contributed by atoms with Crippen LogP contribution in [0.1, 0.15) is 22.3 Å². The Kier molecular flexibility index (Phi) is 6.78. The van der Waals surface area contributed by atoms with Gasteiger partial charge in [-0.05, 0) is 37.6 Å². The molecule has 0 bridgehead atoms. The minimum Gasteiger partial charge on any atom is -0.506 e. The fraction of sp³-hybridized carbons (Fsp3) is 0.360. The quantitative estimate of drug-likeness (QED) is 0.262. The molecule has 2 aliphatic heterocycles. The lowest BCUT2D eigenvalue weighted by atomic mass is 10.0. The van der Waals surface area contributed by atoms with Crippen LogP contribution in [-0.2, 0) is 0 Å². The molecule has 1 aromatic heterocycles. The summed E-state index contributed by atoms with van der Waals surface area (Å²) in [7, 11) is 0. The molecule has 3 heterocycles. The molecule has 0 saturated carbocycles. The SMILES string of the molecule is Cc1ccc(C(=O)Nc2ccc(Nc3nc(N4CC(N)CC(N)C4)nc(N4CC(N)C4)n3)cc2O)cc1. The van der Waals surface area contributed by atoms with Crippen molar-refractivity contribution >= 4 is 35.1 Å². The Morgan fingerprint density at radius 2 is 1.49 bits per heavy atom. The van der Waals surface area contributed by atoms with Crippen molar-refractivity contribution < 1.29 is 9.90 Å². The zero-order chi connectivity index (χ0) is 26.1. The third kappa shape index (κ3) is 5.71. The third-order valence-electron chi connectivity index (χ3n) is 6.42. The fourth-order valence-corrected chi connectivity index (χ4v) is 4.45. The summed E-state index contributed by atoms with van der Waals surface area (Å²) in [5, 5.41) is 16.5. The number of aromatic hydroxyl groups is 1. The van der Waals surface area contributed by atoms with Crippen LogP contribution in [0.25, 0.3) is 0 Å². The Balaban J connectivity index is 1.35. The number of amides is 1. The number of hydrogen-bond donors (Lipinski definition) is 6. The lowest BCUT2D eigenvalue weighted by Crippen LogP contribution is -2.56. The van der Waals surface area contributed by atoms with Crippen LogP contribution < -0.4 is 37.6 Å². The van der Waals surface area contributed by atoms with E-state index in [1.54, 1.807) is 24.3 Å². The van der Waals surface area contributed by atoms with Crippen molar-refractivity contribution in [3.63, 3.8) is 0 Å². The topological polar surface area (TPSA) is 185 Å². The molecule has 0 aliphatic carbocycles. The molecule has 1 amide bonds. The van der Waals surface area contributed by atoms with E-state index in [-0.39, 0.29) is 29.8 Å². The zero-order valence-corrected chi connectivity index (χ0v) is 20.6. The summed E-state index contributed by atoms with van der Waals surface area (Å²) in [5.74, 6) is 0.886. The maximum atomic E-state index is 12.5. The summed E-state index contributed by atoms with van der Waals surface area (Å²) < 4.78 is 0. The van der Waals surface area contributed by atoms with Crippen LogP contribution in [0, 0.1) is 6.92 Å². The number of carbonyl (C=O) groups is 1. The number of phenols is 1. The summed E-state index contributed by atoms with van der Waals surface area (Å²) in [6, 6.07) is 12.0. The van der Waals surface area contributed by atoms with Gasteiger partial charge < -0.3 is 42.7 Å². The number of anilines is 5. The zero-order valence-electron chi connectivity index (χ0n) is 20.6. The van der Waals surface area contributed by atoms with Gasteiger partial charge in [0.25, 0.3) is 5.91 Å². The largest absolute Gasteiger partial charge is 0.506 e. The second-order valence-corrected chi connectivity index (χ2v) is 9.76. The van der Waals surface area contributed by atoms with E-state index in [0.717, 1.165) is 12.0 Å². The van der Waals surface area contributed by atoms with Crippen molar-refractivity contribution in [2.75, 3.05) is 46.6 Å². The van der Waals surface area contributed by atoms with Gasteiger partial charge in [-0.1, -0.05) is 17.7 Å². The van der Waals surface area contributed by atoms with Gasteiger partial charge in [0.15, 0.2) is 0 Å². The Morgan fingerprint density at radius 1 is 0.892 bits per heavy atom. The number of nitrogens with one attached hydrogen (secondary N) is 2. The molecule has 37 heavy (non-hydrogen) atoms. The van der Waals surface area contributed by atoms with Crippen molar-refractivity contribution in [3.05, 3.63) is 53.6 Å². The summed E-state index contributed by atoms with van der Waals surface area (Å²) in [6.45, 7) is 4.43. The number of nitrogens with zero attached hydrogens (tertiary/aromatic N) is 5. The molecule has 2 fully saturated rings. The number of hydrogen-bond acceptors (Lipinski definition) is 11. The second-order valence-electron chi connectivity index (χ2n) is 9.76. The number of piperidine rings is 1. The second kappa shape index (κ2) is 10.2. The molecule has 9 N–H and O–H groups in total. The monoisotopic (exact) mass is 504 g/mol. The van der Waals surface area contributed by atoms with E-state index in [1.165, 1.54) is 6.07 Å². The van der Waals surface area contributed by atoms with E-state index in [0.29, 0.717) is 61.0 Å². The highest BCUT2D eigenvalue weighted by Crippen LogP contribution is 2.30. The van der Waals surface area contributed by atoms with Gasteiger partial charge in [0.1, 0.15) is 5.75 Å². The minimum atomic E-state index is -0.312. The summed E-state index contributed by atoms with van der Waals surface area (Å²) in [6.07, 6.45) is 0.743. The van der Waals surface area contributed by atoms with E-state index in [1.807, 2.05) is 28.9 Å². The molecular weight excluding hydrogens is 472 g/mol. The molecule has 2 atom stereocenters. The molecule has 2 unspecified atom stereocenters. The van der Waals surface area contributed by atoms with Crippen LogP contribution in [0.15, 0.2) is 42.5 Å². The highest BCUT2D eigenvalue weighted by Gasteiger charge is 2.29. The van der Waals surface area contributed by atoms with Crippen LogP contribution in [0.3, 0.4) is 0 Å². The van der Waals surface area contributed by atoms with Gasteiger partial charge in [0.2, 0.25) is 17.8 Å². The minimum absolute atomic E-state index is 0.0718. The van der Waals surface area contributed by atoms with Crippen molar-refractivity contribution in [1.82, 2.24) is 15.0 Å². The number of aromatic nitrogens is 3. The number of nitrogens with two attached hydrogens (primary N) is 3. The molecular formula is C25H32N10O2. The lowest BCUT2D eigenvalue weighted by molar-refractivity contribution is 0.102. The van der Waals surface area contributed by atoms with Crippen molar-refractivity contribution in [1.29, 1.82) is 0 Å². The molecule has 2 saturated heterocycles. The van der Waals surface area contributed by atoms with Crippen molar-refractivity contribution in [3.8, 4) is 5.75 Å². The molecule has 194 valence electrons. The Morgan fingerprint density at radius 3 is 2.05 bits per heavy atom. The van der Waals surface area contributed by atoms with Gasteiger partial charge in [0, 0.05) is 61.6 Å². The fourth-order valence-electron chi connectivity index (χ4n) is 4.45. The van der Waals surface area contributed by atoms with E-state index in [4.69, 9.17) is 17.2 Å². The van der Waals surface area contributed by atoms with Gasteiger partial charge in [-0.25, -0.2) is 0 Å². The smallest absolute Gasteiger partial charge is 0.255 e. The average molecular weight is 505 g/mol. The summed E-state index contributed by atoms with van der Waals surface area (Å²) in [4.78, 5) is 30.3. The van der Waals surface area contributed by atoms with Gasteiger partial charge in [-0.3, -0.25) is 4.79 Å². The van der Waals surface area contributed by atoms with Crippen LogP contribution in [0.5, 0.6) is 5.75 Å². The van der Waals surface area contributed by atoms with E-state index < -0.39 is 0 Å². The molecule has 5 rings (SSSR count). The van der Waals surface area contributed by atoms with Crippen LogP contribution in [-0.4, -0.2) is 70.3 Å². The maximum absolute atomic E-state index is 12.5. The first-order valence-electron chi connectivity index (χ1n) is 12.2. The highest BCUT2D eigenvalue weighted by molar-refractivity contribution is 6.05. The van der Waals surface area contributed by atoms with Crippen molar-refractivity contribution in [2.24, 2.45) is 17.2 Å². The number of rotatable bonds is 6. The summed E-state index contributed by atoms with van der Waals surface area (Å²) in [5.41, 5.74) is 20.7. The highest BCUT2D eigenvalue weighted by atomic mass is 16.3. The number of carbonyl (C=O) groups excluding carboxylic acids is 1. The molecule has 0 radical (unpaired) electrons. The number of phenolic OH excluding ortho intramolecular Hbond substituents is 1. The lowest BCUT2D eigenvalue weighted by Gasteiger charge is -2.38. The van der Waals surface area contributed by atoms with Crippen LogP contribution in [0.4, 0.5) is 29.2 Å². The Labute approximate surface area is 214 Å². The Bertz CT molecular complexity index is 1270. The predicted octanol–water partition coefficient (Wildman–Crippen LogP) is 0.894. The Hall–Kier alpha value is -4.00. The van der Waals surface area contributed by atoms with Gasteiger partial charge in [-0.2, -0.15) is 15.0 Å². The maximum Gasteiger partial charge on any atom is 0.255 e. The first kappa shape index (κ1) is 24.7. The normalized spacial score (nSPS) is 19.9. The van der Waals surface area contributed by atoms with Gasteiger partial charge >= 0.3 is 0 Å². The molecule has 12 nitrogen and oxygen atoms in total. The number of benzene rings is 2. The van der Waals surface area contributed by atoms with Crippen LogP contribution in [0.2, 0.25) is 0 Å². The van der Waals surface area contributed by atoms with E-state index in [9.17, 15) is 9.90 Å². The van der Waals surface area contributed by atoms with E-state index >= 15 is 0 Å². The molecule has 12 heteroatoms. The standard InChI is InChI=1S/C25H32N10O2/c1-14-2-4-15(5-3-14)22(37)30-20-7-6-19(9-21(20)36)29-23-31-24(34-10-16(26)8-17(27)11-34)33-25(32-23)35-12-18(28)13-35/h2-7,9,16-18,36H,8,10-13,26-28H2,1H3,(H,30,37)(H,29,31,32,33). The predicted molar refractivity (Wildman–Crippen MR) is 143 cm³/mol. The summed E-state index contributed by atoms with van der Waals surface area (Å²) >= 11 is 0. The number of aryl methyl sites for hydroxylation is 1. The first-order chi connectivity index (χ1) is 17.7. The van der Waals surface area contributed by atoms with Crippen LogP contribution >= 0.6 is 0 Å². The molecule has 0 spiro atoms.